The van der Waals surface area contributed by atoms with Crippen molar-refractivity contribution < 1.29 is 14.3 Å². The molecule has 20 heavy (non-hydrogen) atoms. The van der Waals surface area contributed by atoms with Crippen molar-refractivity contribution in [1.29, 1.82) is 0 Å². The van der Waals surface area contributed by atoms with E-state index in [2.05, 4.69) is 0 Å². The molecule has 0 unspecified atom stereocenters. The number of hydrogen-bond acceptors (Lipinski definition) is 4. The molecule has 0 aromatic heterocycles. The van der Waals surface area contributed by atoms with Gasteiger partial charge in [0.15, 0.2) is 0 Å². The Morgan fingerprint density at radius 3 is 2.60 bits per heavy atom. The molecule has 4 heteroatoms. The van der Waals surface area contributed by atoms with Gasteiger partial charge in [-0.3, -0.25) is 0 Å². The summed E-state index contributed by atoms with van der Waals surface area (Å²) in [7, 11) is 1.35. The Kier molecular flexibility index (Phi) is 4.25. The van der Waals surface area contributed by atoms with Gasteiger partial charge in [0.2, 0.25) is 0 Å². The van der Waals surface area contributed by atoms with E-state index in [1.807, 2.05) is 31.2 Å². The molecule has 2 N–H and O–H groups in total. The van der Waals surface area contributed by atoms with Gasteiger partial charge in [-0.15, -0.1) is 0 Å². The van der Waals surface area contributed by atoms with Gasteiger partial charge in [-0.25, -0.2) is 4.79 Å². The molecule has 0 heterocycles. The Labute approximate surface area is 118 Å². The van der Waals surface area contributed by atoms with Crippen LogP contribution < -0.4 is 10.5 Å². The second kappa shape index (κ2) is 6.10. The lowest BCUT2D eigenvalue weighted by Crippen LogP contribution is -2.05. The van der Waals surface area contributed by atoms with E-state index in [0.717, 1.165) is 16.9 Å². The first kappa shape index (κ1) is 13.9. The number of hydrogen-bond donors (Lipinski definition) is 1. The van der Waals surface area contributed by atoms with Crippen molar-refractivity contribution in [2.45, 2.75) is 6.92 Å². The summed E-state index contributed by atoms with van der Waals surface area (Å²) in [5.74, 6) is 0.309. The number of para-hydroxylation sites is 1. The average Bonchev–Trinajstić information content (AvgIpc) is 2.47. The third-order valence-corrected chi connectivity index (χ3v) is 2.93. The van der Waals surface area contributed by atoms with Gasteiger partial charge in [-0.05, 0) is 25.1 Å². The second-order valence-electron chi connectivity index (χ2n) is 4.23. The maximum absolute atomic E-state index is 11.9. The number of ether oxygens (including phenoxy) is 2. The molecule has 0 bridgehead atoms. The fourth-order valence-corrected chi connectivity index (χ4v) is 2.05. The summed E-state index contributed by atoms with van der Waals surface area (Å²) in [6.45, 7) is 2.47. The van der Waals surface area contributed by atoms with Gasteiger partial charge in [0.05, 0.1) is 19.3 Å². The zero-order valence-electron chi connectivity index (χ0n) is 11.6. The lowest BCUT2D eigenvalue weighted by atomic mass is 9.98. The van der Waals surface area contributed by atoms with Crippen molar-refractivity contribution in [1.82, 2.24) is 0 Å². The van der Waals surface area contributed by atoms with E-state index in [1.54, 1.807) is 18.2 Å². The van der Waals surface area contributed by atoms with E-state index in [9.17, 15) is 4.79 Å². The molecule has 2 aromatic rings. The monoisotopic (exact) mass is 271 g/mol. The number of methoxy groups -OCH3 is 1. The van der Waals surface area contributed by atoms with E-state index < -0.39 is 5.97 Å². The predicted octanol–water partition coefficient (Wildman–Crippen LogP) is 3.12. The van der Waals surface area contributed by atoms with Crippen LogP contribution in [0, 0.1) is 0 Å². The van der Waals surface area contributed by atoms with Gasteiger partial charge < -0.3 is 15.2 Å². The van der Waals surface area contributed by atoms with Gasteiger partial charge in [-0.1, -0.05) is 24.3 Å². The number of nitrogen functional groups attached to an aromatic ring is 1. The van der Waals surface area contributed by atoms with E-state index >= 15 is 0 Å². The maximum atomic E-state index is 11.9. The van der Waals surface area contributed by atoms with Crippen LogP contribution in [-0.2, 0) is 4.74 Å². The molecule has 0 saturated carbocycles. The highest BCUT2D eigenvalue weighted by molar-refractivity contribution is 5.99. The largest absolute Gasteiger partial charge is 0.493 e. The Bertz CT molecular complexity index is 623. The quantitative estimate of drug-likeness (QED) is 0.685. The fourth-order valence-electron chi connectivity index (χ4n) is 2.05. The van der Waals surface area contributed by atoms with Crippen LogP contribution in [0.1, 0.15) is 17.3 Å². The molecule has 2 rings (SSSR count). The number of benzene rings is 2. The zero-order chi connectivity index (χ0) is 14.5. The Balaban J connectivity index is 2.60. The van der Waals surface area contributed by atoms with Gasteiger partial charge >= 0.3 is 5.97 Å². The first-order valence-corrected chi connectivity index (χ1v) is 6.37. The molecule has 4 nitrogen and oxygen atoms in total. The van der Waals surface area contributed by atoms with Crippen molar-refractivity contribution in [2.75, 3.05) is 19.5 Å². The molecule has 0 atom stereocenters. The van der Waals surface area contributed by atoms with Crippen molar-refractivity contribution in [3.63, 3.8) is 0 Å². The van der Waals surface area contributed by atoms with E-state index in [-0.39, 0.29) is 0 Å². The SMILES string of the molecule is CCOc1ccccc1-c1ccc(N)cc1C(=O)OC. The summed E-state index contributed by atoms with van der Waals surface area (Å²) >= 11 is 0. The van der Waals surface area contributed by atoms with E-state index in [0.29, 0.717) is 17.9 Å². The third kappa shape index (κ3) is 2.74. The molecule has 0 saturated heterocycles. The molecule has 0 spiro atoms. The summed E-state index contributed by atoms with van der Waals surface area (Å²) in [5, 5.41) is 0. The zero-order valence-corrected chi connectivity index (χ0v) is 11.6. The van der Waals surface area contributed by atoms with Crippen LogP contribution >= 0.6 is 0 Å². The fraction of sp³-hybridized carbons (Fsp3) is 0.188. The summed E-state index contributed by atoms with van der Waals surface area (Å²) in [6, 6.07) is 12.7. The van der Waals surface area contributed by atoms with Gasteiger partial charge in [0, 0.05) is 16.8 Å². The highest BCUT2D eigenvalue weighted by Crippen LogP contribution is 2.33. The molecule has 0 radical (unpaired) electrons. The molecule has 104 valence electrons. The van der Waals surface area contributed by atoms with Crippen LogP contribution in [0.2, 0.25) is 0 Å². The van der Waals surface area contributed by atoms with Gasteiger partial charge in [-0.2, -0.15) is 0 Å². The Morgan fingerprint density at radius 2 is 1.90 bits per heavy atom. The third-order valence-electron chi connectivity index (χ3n) is 2.93. The molecular formula is C16H17NO3. The average molecular weight is 271 g/mol. The Morgan fingerprint density at radius 1 is 1.15 bits per heavy atom. The van der Waals surface area contributed by atoms with Gasteiger partial charge in [0.1, 0.15) is 5.75 Å². The Hall–Kier alpha value is -2.49. The minimum absolute atomic E-state index is 0.418. The molecule has 0 amide bonds. The predicted molar refractivity (Wildman–Crippen MR) is 78.8 cm³/mol. The number of esters is 1. The summed E-state index contributed by atoms with van der Waals surface area (Å²) in [4.78, 5) is 11.9. The summed E-state index contributed by atoms with van der Waals surface area (Å²) in [5.41, 5.74) is 8.29. The number of carbonyl (C=O) groups is 1. The van der Waals surface area contributed by atoms with Crippen molar-refractivity contribution in [2.24, 2.45) is 0 Å². The summed E-state index contributed by atoms with van der Waals surface area (Å²) in [6.07, 6.45) is 0. The maximum Gasteiger partial charge on any atom is 0.338 e. The molecule has 0 aliphatic heterocycles. The smallest absolute Gasteiger partial charge is 0.338 e. The highest BCUT2D eigenvalue weighted by atomic mass is 16.5. The first-order valence-electron chi connectivity index (χ1n) is 6.37. The van der Waals surface area contributed by atoms with E-state index in [1.165, 1.54) is 7.11 Å². The molecule has 0 fully saturated rings. The number of nitrogens with two attached hydrogens (primary N) is 1. The van der Waals surface area contributed by atoms with Crippen LogP contribution in [-0.4, -0.2) is 19.7 Å². The van der Waals surface area contributed by atoms with Crippen molar-refractivity contribution >= 4 is 11.7 Å². The minimum atomic E-state index is -0.418. The van der Waals surface area contributed by atoms with Crippen LogP contribution in [0.4, 0.5) is 5.69 Å². The molecule has 0 aliphatic rings. The lowest BCUT2D eigenvalue weighted by molar-refractivity contribution is 0.0601. The van der Waals surface area contributed by atoms with Crippen LogP contribution in [0.5, 0.6) is 5.75 Å². The normalized spacial score (nSPS) is 10.1. The number of anilines is 1. The lowest BCUT2D eigenvalue weighted by Gasteiger charge is -2.13. The van der Waals surface area contributed by atoms with Crippen LogP contribution in [0.25, 0.3) is 11.1 Å². The highest BCUT2D eigenvalue weighted by Gasteiger charge is 2.16. The van der Waals surface area contributed by atoms with Gasteiger partial charge in [0.25, 0.3) is 0 Å². The molecule has 2 aromatic carbocycles. The van der Waals surface area contributed by atoms with Crippen molar-refractivity contribution in [3.05, 3.63) is 48.0 Å². The van der Waals surface area contributed by atoms with Crippen LogP contribution in [0.15, 0.2) is 42.5 Å². The topological polar surface area (TPSA) is 61.5 Å². The van der Waals surface area contributed by atoms with E-state index in [4.69, 9.17) is 15.2 Å². The first-order chi connectivity index (χ1) is 9.67. The second-order valence-corrected chi connectivity index (χ2v) is 4.23. The minimum Gasteiger partial charge on any atom is -0.493 e. The summed E-state index contributed by atoms with van der Waals surface area (Å²) < 4.78 is 10.4. The number of carbonyl (C=O) groups excluding carboxylic acids is 1. The number of rotatable bonds is 4. The standard InChI is InChI=1S/C16H17NO3/c1-3-20-15-7-5-4-6-13(15)12-9-8-11(17)10-14(12)16(18)19-2/h4-10H,3,17H2,1-2H3. The molecular weight excluding hydrogens is 254 g/mol. The van der Waals surface area contributed by atoms with Crippen molar-refractivity contribution in [3.8, 4) is 16.9 Å². The van der Waals surface area contributed by atoms with Crippen LogP contribution in [0.3, 0.4) is 0 Å². The molecule has 0 aliphatic carbocycles.